The third-order valence-electron chi connectivity index (χ3n) is 4.24. The van der Waals surface area contributed by atoms with Gasteiger partial charge in [-0.1, -0.05) is 0 Å². The van der Waals surface area contributed by atoms with Crippen LogP contribution >= 0.6 is 0 Å². The Hall–Kier alpha value is -0.570. The first kappa shape index (κ1) is 11.9. The number of nitrogens with one attached hydrogen (secondary N) is 1. The first-order valence-electron chi connectivity index (χ1n) is 6.74. The van der Waals surface area contributed by atoms with Crippen molar-refractivity contribution >= 4 is 5.91 Å². The van der Waals surface area contributed by atoms with Crippen molar-refractivity contribution in [3.8, 4) is 0 Å². The van der Waals surface area contributed by atoms with Gasteiger partial charge < -0.3 is 10.2 Å². The maximum absolute atomic E-state index is 11.9. The molecule has 1 saturated carbocycles. The summed E-state index contributed by atoms with van der Waals surface area (Å²) in [6.45, 7) is 2.27. The van der Waals surface area contributed by atoms with Gasteiger partial charge in [0.1, 0.15) is 0 Å². The summed E-state index contributed by atoms with van der Waals surface area (Å²) in [7, 11) is 1.98. The summed E-state index contributed by atoms with van der Waals surface area (Å²) in [5.74, 6) is 1.14. The van der Waals surface area contributed by atoms with Crippen molar-refractivity contribution < 1.29 is 4.79 Å². The van der Waals surface area contributed by atoms with E-state index in [1.54, 1.807) is 0 Å². The van der Waals surface area contributed by atoms with E-state index in [1.165, 1.54) is 32.1 Å². The van der Waals surface area contributed by atoms with Gasteiger partial charge >= 0.3 is 0 Å². The Labute approximate surface area is 98.6 Å². The summed E-state index contributed by atoms with van der Waals surface area (Å²) in [6, 6.07) is 0.556. The van der Waals surface area contributed by atoms with Gasteiger partial charge in [0.15, 0.2) is 0 Å². The van der Waals surface area contributed by atoms with Crippen LogP contribution in [0.25, 0.3) is 0 Å². The van der Waals surface area contributed by atoms with Crippen molar-refractivity contribution in [2.45, 2.75) is 51.0 Å². The minimum atomic E-state index is 0.364. The number of carbonyl (C=O) groups excluding carboxylic acids is 1. The molecule has 0 unspecified atom stereocenters. The normalized spacial score (nSPS) is 22.8. The highest BCUT2D eigenvalue weighted by atomic mass is 16.2. The van der Waals surface area contributed by atoms with Crippen LogP contribution in [0.1, 0.15) is 44.9 Å². The quantitative estimate of drug-likeness (QED) is 0.789. The fourth-order valence-corrected chi connectivity index (χ4v) is 2.65. The molecule has 1 N–H and O–H groups in total. The van der Waals surface area contributed by atoms with Gasteiger partial charge in [-0.3, -0.25) is 4.79 Å². The average molecular weight is 224 g/mol. The molecule has 1 aliphatic carbocycles. The number of hydrogen-bond donors (Lipinski definition) is 1. The predicted molar refractivity (Wildman–Crippen MR) is 65.2 cm³/mol. The van der Waals surface area contributed by atoms with Crippen molar-refractivity contribution in [1.29, 1.82) is 0 Å². The molecule has 0 radical (unpaired) electrons. The minimum absolute atomic E-state index is 0.364. The fraction of sp³-hybridized carbons (Fsp3) is 0.923. The largest absolute Gasteiger partial charge is 0.343 e. The Bertz CT molecular complexity index is 232. The van der Waals surface area contributed by atoms with Crippen molar-refractivity contribution in [1.82, 2.24) is 10.2 Å². The lowest BCUT2D eigenvalue weighted by Crippen LogP contribution is -2.41. The molecular formula is C13H24N2O. The van der Waals surface area contributed by atoms with Gasteiger partial charge in [-0.15, -0.1) is 0 Å². The molecule has 92 valence electrons. The SMILES string of the molecule is CN(C(=O)CCC1CCNCC1)C1CCC1. The Morgan fingerprint density at radius 3 is 2.50 bits per heavy atom. The van der Waals surface area contributed by atoms with Gasteiger partial charge in [0.05, 0.1) is 0 Å². The first-order valence-corrected chi connectivity index (χ1v) is 6.74. The molecule has 2 aliphatic rings. The van der Waals surface area contributed by atoms with Crippen molar-refractivity contribution in [2.24, 2.45) is 5.92 Å². The van der Waals surface area contributed by atoms with Crippen LogP contribution in [-0.2, 0) is 4.79 Å². The summed E-state index contributed by atoms with van der Waals surface area (Å²) in [5, 5.41) is 3.37. The van der Waals surface area contributed by atoms with Crippen LogP contribution in [0.15, 0.2) is 0 Å². The number of carbonyl (C=O) groups is 1. The Morgan fingerprint density at radius 2 is 1.94 bits per heavy atom. The summed E-state index contributed by atoms with van der Waals surface area (Å²) < 4.78 is 0. The van der Waals surface area contributed by atoms with E-state index < -0.39 is 0 Å². The van der Waals surface area contributed by atoms with E-state index in [2.05, 4.69) is 5.32 Å². The molecule has 0 aromatic carbocycles. The first-order chi connectivity index (χ1) is 7.77. The average Bonchev–Trinajstić information content (AvgIpc) is 2.25. The van der Waals surface area contributed by atoms with Gasteiger partial charge in [0, 0.05) is 19.5 Å². The summed E-state index contributed by atoms with van der Waals surface area (Å²) in [5.41, 5.74) is 0. The van der Waals surface area contributed by atoms with Crippen LogP contribution < -0.4 is 5.32 Å². The number of rotatable bonds is 4. The second-order valence-corrected chi connectivity index (χ2v) is 5.32. The number of hydrogen-bond acceptors (Lipinski definition) is 2. The molecule has 2 rings (SSSR count). The molecule has 0 aromatic rings. The van der Waals surface area contributed by atoms with E-state index in [-0.39, 0.29) is 0 Å². The van der Waals surface area contributed by atoms with Gasteiger partial charge in [-0.25, -0.2) is 0 Å². The molecule has 0 spiro atoms. The lowest BCUT2D eigenvalue weighted by Gasteiger charge is -2.35. The summed E-state index contributed by atoms with van der Waals surface area (Å²) in [6.07, 6.45) is 8.10. The molecule has 1 saturated heterocycles. The molecule has 0 bridgehead atoms. The Balaban J connectivity index is 1.65. The third kappa shape index (κ3) is 2.97. The van der Waals surface area contributed by atoms with Crippen LogP contribution in [0.2, 0.25) is 0 Å². The highest BCUT2D eigenvalue weighted by Gasteiger charge is 2.25. The molecule has 2 fully saturated rings. The van der Waals surface area contributed by atoms with Crippen molar-refractivity contribution in [3.05, 3.63) is 0 Å². The fourth-order valence-electron chi connectivity index (χ4n) is 2.65. The molecule has 1 heterocycles. The van der Waals surface area contributed by atoms with Crippen LogP contribution in [0.5, 0.6) is 0 Å². The van der Waals surface area contributed by atoms with Gasteiger partial charge in [0.2, 0.25) is 5.91 Å². The second-order valence-electron chi connectivity index (χ2n) is 5.32. The zero-order chi connectivity index (χ0) is 11.4. The van der Waals surface area contributed by atoms with Crippen molar-refractivity contribution in [3.63, 3.8) is 0 Å². The number of piperidine rings is 1. The van der Waals surface area contributed by atoms with E-state index in [9.17, 15) is 4.79 Å². The zero-order valence-corrected chi connectivity index (χ0v) is 10.4. The topological polar surface area (TPSA) is 32.3 Å². The lowest BCUT2D eigenvalue weighted by atomic mass is 9.90. The highest BCUT2D eigenvalue weighted by Crippen LogP contribution is 2.25. The van der Waals surface area contributed by atoms with Gasteiger partial charge in [0.25, 0.3) is 0 Å². The minimum Gasteiger partial charge on any atom is -0.343 e. The second kappa shape index (κ2) is 5.67. The summed E-state index contributed by atoms with van der Waals surface area (Å²) >= 11 is 0. The Morgan fingerprint density at radius 1 is 1.25 bits per heavy atom. The number of nitrogens with zero attached hydrogens (tertiary/aromatic N) is 1. The molecule has 1 amide bonds. The van der Waals surface area contributed by atoms with Crippen LogP contribution in [-0.4, -0.2) is 37.0 Å². The van der Waals surface area contributed by atoms with E-state index in [4.69, 9.17) is 0 Å². The predicted octanol–water partition coefficient (Wildman–Crippen LogP) is 1.78. The van der Waals surface area contributed by atoms with Crippen LogP contribution in [0, 0.1) is 5.92 Å². The molecule has 0 aromatic heterocycles. The smallest absolute Gasteiger partial charge is 0.222 e. The van der Waals surface area contributed by atoms with Crippen LogP contribution in [0.4, 0.5) is 0 Å². The lowest BCUT2D eigenvalue weighted by molar-refractivity contribution is -0.133. The van der Waals surface area contributed by atoms with Gasteiger partial charge in [-0.2, -0.15) is 0 Å². The van der Waals surface area contributed by atoms with E-state index in [0.29, 0.717) is 11.9 Å². The maximum Gasteiger partial charge on any atom is 0.222 e. The number of amides is 1. The van der Waals surface area contributed by atoms with Crippen LogP contribution in [0.3, 0.4) is 0 Å². The molecule has 1 aliphatic heterocycles. The monoisotopic (exact) mass is 224 g/mol. The Kier molecular flexibility index (Phi) is 4.22. The maximum atomic E-state index is 11.9. The van der Waals surface area contributed by atoms with Gasteiger partial charge in [-0.05, 0) is 57.5 Å². The standard InChI is InChI=1S/C13H24N2O/c1-15(12-3-2-4-12)13(16)6-5-11-7-9-14-10-8-11/h11-12,14H,2-10H2,1H3. The molecular weight excluding hydrogens is 200 g/mol. The van der Waals surface area contributed by atoms with E-state index >= 15 is 0 Å². The molecule has 16 heavy (non-hydrogen) atoms. The molecule has 3 heteroatoms. The third-order valence-corrected chi connectivity index (χ3v) is 4.24. The zero-order valence-electron chi connectivity index (χ0n) is 10.4. The highest BCUT2D eigenvalue weighted by molar-refractivity contribution is 5.76. The molecule has 0 atom stereocenters. The molecule has 3 nitrogen and oxygen atoms in total. The van der Waals surface area contributed by atoms with E-state index in [1.807, 2.05) is 11.9 Å². The van der Waals surface area contributed by atoms with Crippen molar-refractivity contribution in [2.75, 3.05) is 20.1 Å². The summed E-state index contributed by atoms with van der Waals surface area (Å²) in [4.78, 5) is 13.9. The van der Waals surface area contributed by atoms with E-state index in [0.717, 1.165) is 31.8 Å².